The van der Waals surface area contributed by atoms with Crippen molar-refractivity contribution >= 4 is 11.9 Å². The Morgan fingerprint density at radius 3 is 1.23 bits per heavy atom. The van der Waals surface area contributed by atoms with Crippen LogP contribution in [0.5, 0.6) is 0 Å². The summed E-state index contributed by atoms with van der Waals surface area (Å²) in [5.41, 5.74) is -0.585. The maximum absolute atomic E-state index is 13.4. The monoisotopic (exact) mass is 681 g/mol. The zero-order chi connectivity index (χ0) is 35.7. The number of aliphatic hydroxyl groups excluding tert-OH is 1. The van der Waals surface area contributed by atoms with Crippen molar-refractivity contribution in [2.24, 2.45) is 17.3 Å². The molecule has 0 aromatic heterocycles. The average Bonchev–Trinajstić information content (AvgIpc) is 3.06. The minimum Gasteiger partial charge on any atom is -0.481 e. The Hall–Kier alpha value is -1.10. The Morgan fingerprint density at radius 1 is 0.458 bits per heavy atom. The van der Waals surface area contributed by atoms with E-state index in [2.05, 4.69) is 27.7 Å². The summed E-state index contributed by atoms with van der Waals surface area (Å²) in [5, 5.41) is 30.2. The van der Waals surface area contributed by atoms with E-state index in [0.717, 1.165) is 103 Å². The Bertz CT molecular complexity index is 696. The molecule has 0 saturated heterocycles. The molecular weight excluding hydrogens is 596 g/mol. The summed E-state index contributed by atoms with van der Waals surface area (Å²) >= 11 is 0. The fourth-order valence-electron chi connectivity index (χ4n) is 7.96. The zero-order valence-electron chi connectivity index (χ0n) is 32.7. The van der Waals surface area contributed by atoms with E-state index in [9.17, 15) is 19.8 Å². The van der Waals surface area contributed by atoms with E-state index in [1.54, 1.807) is 0 Å². The van der Waals surface area contributed by atoms with Crippen molar-refractivity contribution in [3.8, 4) is 0 Å². The minimum absolute atomic E-state index is 0.216. The van der Waals surface area contributed by atoms with Gasteiger partial charge in [0.05, 0.1) is 11.5 Å². The molecule has 3 atom stereocenters. The molecule has 0 aromatic carbocycles. The van der Waals surface area contributed by atoms with Gasteiger partial charge in [0.25, 0.3) is 0 Å². The molecule has 3 unspecified atom stereocenters. The van der Waals surface area contributed by atoms with Crippen LogP contribution in [0, 0.1) is 17.3 Å². The van der Waals surface area contributed by atoms with Crippen molar-refractivity contribution in [2.75, 3.05) is 0 Å². The molecule has 0 spiro atoms. The predicted molar refractivity (Wildman–Crippen MR) is 206 cm³/mol. The van der Waals surface area contributed by atoms with Gasteiger partial charge in [-0.15, -0.1) is 0 Å². The van der Waals surface area contributed by atoms with Crippen LogP contribution in [0.2, 0.25) is 0 Å². The van der Waals surface area contributed by atoms with Gasteiger partial charge in [-0.05, 0) is 50.4 Å². The highest BCUT2D eigenvalue weighted by Gasteiger charge is 2.41. The van der Waals surface area contributed by atoms with Crippen LogP contribution in [-0.4, -0.2) is 33.4 Å². The third kappa shape index (κ3) is 26.7. The number of carboxylic acids is 2. The number of carboxylic acid groups (broad SMARTS) is 2. The standard InChI is InChI=1S/C43H84O5/c1-5-9-13-22-30-38(28-11-7-3)36-43(42(47)48,37-39(29-12-8-4)31-23-14-10-6-2)35-27-21-17-19-25-33-40(44)32-24-18-15-16-20-26-34-41(45)46/h38-40,44H,5-37H2,1-4H3,(H,45,46)(H,47,48). The summed E-state index contributed by atoms with van der Waals surface area (Å²) in [5.74, 6) is -0.159. The molecule has 5 nitrogen and oxygen atoms in total. The molecule has 0 saturated carbocycles. The second-order valence-corrected chi connectivity index (χ2v) is 15.7. The maximum atomic E-state index is 13.4. The molecular formula is C43H84O5. The Labute approximate surface area is 299 Å². The average molecular weight is 681 g/mol. The second kappa shape index (κ2) is 33.1. The van der Waals surface area contributed by atoms with Gasteiger partial charge in [0.1, 0.15) is 0 Å². The molecule has 0 fully saturated rings. The van der Waals surface area contributed by atoms with Gasteiger partial charge < -0.3 is 15.3 Å². The van der Waals surface area contributed by atoms with Crippen LogP contribution in [0.3, 0.4) is 0 Å². The molecule has 0 amide bonds. The van der Waals surface area contributed by atoms with E-state index in [-0.39, 0.29) is 12.5 Å². The number of hydrogen-bond donors (Lipinski definition) is 3. The Balaban J connectivity index is 5.07. The topological polar surface area (TPSA) is 94.8 Å². The first-order valence-corrected chi connectivity index (χ1v) is 21.4. The van der Waals surface area contributed by atoms with E-state index in [0.29, 0.717) is 11.8 Å². The highest BCUT2D eigenvalue weighted by atomic mass is 16.4. The summed E-state index contributed by atoms with van der Waals surface area (Å²) in [6, 6.07) is 0. The first-order chi connectivity index (χ1) is 23.2. The number of carbonyl (C=O) groups is 2. The normalized spacial score (nSPS) is 14.9. The quantitative estimate of drug-likeness (QED) is 0.0564. The smallest absolute Gasteiger partial charge is 0.309 e. The van der Waals surface area contributed by atoms with E-state index < -0.39 is 17.4 Å². The fourth-order valence-corrected chi connectivity index (χ4v) is 7.96. The van der Waals surface area contributed by atoms with Gasteiger partial charge in [-0.25, -0.2) is 0 Å². The Morgan fingerprint density at radius 2 is 0.812 bits per heavy atom. The molecule has 0 aliphatic rings. The number of unbranched alkanes of at least 4 members (excludes halogenated alkanes) is 17. The van der Waals surface area contributed by atoms with Gasteiger partial charge in [0, 0.05) is 6.42 Å². The van der Waals surface area contributed by atoms with Crippen LogP contribution >= 0.6 is 0 Å². The third-order valence-corrected chi connectivity index (χ3v) is 11.0. The van der Waals surface area contributed by atoms with Gasteiger partial charge >= 0.3 is 11.9 Å². The first kappa shape index (κ1) is 46.9. The van der Waals surface area contributed by atoms with Crippen molar-refractivity contribution < 1.29 is 24.9 Å². The first-order valence-electron chi connectivity index (χ1n) is 21.4. The molecule has 0 radical (unpaired) electrons. The Kier molecular flexibility index (Phi) is 32.3. The highest BCUT2D eigenvalue weighted by molar-refractivity contribution is 5.74. The lowest BCUT2D eigenvalue weighted by Crippen LogP contribution is -2.36. The summed E-state index contributed by atoms with van der Waals surface area (Å²) in [7, 11) is 0. The number of rotatable bonds is 38. The second-order valence-electron chi connectivity index (χ2n) is 15.7. The third-order valence-electron chi connectivity index (χ3n) is 11.0. The molecule has 286 valence electrons. The van der Waals surface area contributed by atoms with Gasteiger partial charge in [0.15, 0.2) is 0 Å². The minimum atomic E-state index is -0.703. The van der Waals surface area contributed by atoms with Crippen LogP contribution in [0.15, 0.2) is 0 Å². The summed E-state index contributed by atoms with van der Waals surface area (Å²) < 4.78 is 0. The van der Waals surface area contributed by atoms with E-state index in [1.807, 2.05) is 0 Å². The zero-order valence-corrected chi connectivity index (χ0v) is 32.7. The fraction of sp³-hybridized carbons (Fsp3) is 0.953. The SMILES string of the molecule is CCCCCCC(CCCC)CC(CCCCCCCC(O)CCCCCCCCC(=O)O)(CC(CCCC)CCCCCC)C(=O)O. The lowest BCUT2D eigenvalue weighted by Gasteiger charge is -2.37. The molecule has 5 heteroatoms. The molecule has 0 aromatic rings. The van der Waals surface area contributed by atoms with Gasteiger partial charge in [-0.2, -0.15) is 0 Å². The van der Waals surface area contributed by atoms with E-state index in [4.69, 9.17) is 5.11 Å². The number of hydrogen-bond acceptors (Lipinski definition) is 3. The molecule has 0 bridgehead atoms. The largest absolute Gasteiger partial charge is 0.481 e. The van der Waals surface area contributed by atoms with Crippen molar-refractivity contribution in [2.45, 2.75) is 246 Å². The highest BCUT2D eigenvalue weighted by Crippen LogP contribution is 2.44. The van der Waals surface area contributed by atoms with Crippen LogP contribution in [0.25, 0.3) is 0 Å². The van der Waals surface area contributed by atoms with Crippen molar-refractivity contribution in [3.05, 3.63) is 0 Å². The van der Waals surface area contributed by atoms with Crippen molar-refractivity contribution in [3.63, 3.8) is 0 Å². The molecule has 0 aliphatic heterocycles. The number of aliphatic carboxylic acids is 2. The molecule has 3 N–H and O–H groups in total. The van der Waals surface area contributed by atoms with Gasteiger partial charge in [0.2, 0.25) is 0 Å². The lowest BCUT2D eigenvalue weighted by molar-refractivity contribution is -0.152. The molecule has 0 heterocycles. The lowest BCUT2D eigenvalue weighted by atomic mass is 9.67. The van der Waals surface area contributed by atoms with Crippen LogP contribution in [0.4, 0.5) is 0 Å². The van der Waals surface area contributed by atoms with Gasteiger partial charge in [-0.3, -0.25) is 9.59 Å². The van der Waals surface area contributed by atoms with Gasteiger partial charge in [-0.1, -0.05) is 195 Å². The predicted octanol–water partition coefficient (Wildman–Crippen LogP) is 13.7. The molecule has 0 rings (SSSR count). The van der Waals surface area contributed by atoms with E-state index in [1.165, 1.54) is 103 Å². The summed E-state index contributed by atoms with van der Waals surface area (Å²) in [6.45, 7) is 9.07. The van der Waals surface area contributed by atoms with E-state index >= 15 is 0 Å². The summed E-state index contributed by atoms with van der Waals surface area (Å²) in [4.78, 5) is 24.0. The number of aliphatic hydroxyl groups is 1. The molecule has 0 aliphatic carbocycles. The summed E-state index contributed by atoms with van der Waals surface area (Å²) in [6.07, 6.45) is 35.6. The van der Waals surface area contributed by atoms with Crippen LogP contribution in [-0.2, 0) is 9.59 Å². The van der Waals surface area contributed by atoms with Crippen LogP contribution in [0.1, 0.15) is 240 Å². The van der Waals surface area contributed by atoms with Crippen molar-refractivity contribution in [1.29, 1.82) is 0 Å². The molecule has 48 heavy (non-hydrogen) atoms. The maximum Gasteiger partial charge on any atom is 0.309 e. The van der Waals surface area contributed by atoms with Crippen LogP contribution < -0.4 is 0 Å². The van der Waals surface area contributed by atoms with Crippen molar-refractivity contribution in [1.82, 2.24) is 0 Å².